The Morgan fingerprint density at radius 2 is 1.57 bits per heavy atom. The molecular weight excluding hydrogens is 546 g/mol. The molecule has 2 aliphatic rings. The zero-order chi connectivity index (χ0) is 29.4. The molecule has 1 amide bonds. The second-order valence-electron chi connectivity index (χ2n) is 11.9. The summed E-state index contributed by atoms with van der Waals surface area (Å²) in [5, 5.41) is 14.1. The number of aliphatic hydroxyl groups excluding tert-OH is 1. The van der Waals surface area contributed by atoms with Crippen LogP contribution in [0.2, 0.25) is 22.2 Å². The van der Waals surface area contributed by atoms with Crippen LogP contribution < -0.4 is 11.0 Å². The lowest BCUT2D eigenvalue weighted by atomic mass is 10.1. The fraction of sp³-hybridized carbons (Fsp3) is 0.607. The zero-order valence-corrected chi connectivity index (χ0v) is 26.7. The highest BCUT2D eigenvalue weighted by Crippen LogP contribution is 2.48. The van der Waals surface area contributed by atoms with Crippen molar-refractivity contribution in [3.8, 4) is 0 Å². The van der Waals surface area contributed by atoms with E-state index >= 15 is 0 Å². The Bertz CT molecular complexity index is 1220. The van der Waals surface area contributed by atoms with E-state index in [1.807, 2.05) is 6.07 Å². The first-order chi connectivity index (χ1) is 18.8. The van der Waals surface area contributed by atoms with Gasteiger partial charge in [-0.15, -0.1) is 0 Å². The largest absolute Gasteiger partial charge is 0.414 e. The van der Waals surface area contributed by atoms with Crippen LogP contribution in [-0.2, 0) is 17.7 Å². The summed E-state index contributed by atoms with van der Waals surface area (Å²) in [6.07, 6.45) is -2.05. The van der Waals surface area contributed by atoms with Gasteiger partial charge in [-0.25, -0.2) is 4.79 Å². The van der Waals surface area contributed by atoms with Gasteiger partial charge in [-0.1, -0.05) is 73.6 Å². The Hall–Kier alpha value is -2.20. The summed E-state index contributed by atoms with van der Waals surface area (Å²) in [6.45, 7) is 17.2. The van der Waals surface area contributed by atoms with Gasteiger partial charge in [0.2, 0.25) is 0 Å². The van der Waals surface area contributed by atoms with Crippen molar-refractivity contribution in [2.45, 2.75) is 102 Å². The van der Waals surface area contributed by atoms with Crippen LogP contribution in [0.4, 0.5) is 5.82 Å². The molecule has 2 aromatic rings. The van der Waals surface area contributed by atoms with E-state index in [9.17, 15) is 14.7 Å². The molecule has 40 heavy (non-hydrogen) atoms. The number of amides is 1. The topological polar surface area (TPSA) is 121 Å². The highest BCUT2D eigenvalue weighted by Gasteiger charge is 2.61. The summed E-state index contributed by atoms with van der Waals surface area (Å²) < 4.78 is 28.3. The molecule has 0 bridgehead atoms. The van der Waals surface area contributed by atoms with Crippen molar-refractivity contribution in [2.24, 2.45) is 0 Å². The average Bonchev–Trinajstić information content (AvgIpc) is 3.18. The predicted octanol–water partition coefficient (Wildman–Crippen LogP) is 4.71. The van der Waals surface area contributed by atoms with Crippen LogP contribution in [-0.4, -0.2) is 62.6 Å². The lowest BCUT2D eigenvalue weighted by Crippen LogP contribution is -2.65. The van der Waals surface area contributed by atoms with Crippen molar-refractivity contribution in [2.75, 3.05) is 11.9 Å². The third-order valence-electron chi connectivity index (χ3n) is 8.02. The van der Waals surface area contributed by atoms with E-state index < -0.39 is 47.4 Å². The fourth-order valence-electron chi connectivity index (χ4n) is 5.82. The minimum absolute atomic E-state index is 0.0855. The van der Waals surface area contributed by atoms with Gasteiger partial charge in [0.05, 0.1) is 6.61 Å². The van der Waals surface area contributed by atoms with Crippen LogP contribution in [0.25, 0.3) is 0 Å². The highest BCUT2D eigenvalue weighted by atomic mass is 28.5. The van der Waals surface area contributed by atoms with E-state index in [4.69, 9.17) is 17.7 Å². The first kappa shape index (κ1) is 30.8. The van der Waals surface area contributed by atoms with Gasteiger partial charge in [0, 0.05) is 11.8 Å². The summed E-state index contributed by atoms with van der Waals surface area (Å²) in [5.41, 5.74) is 0.300. The number of rotatable bonds is 7. The number of nitrogens with one attached hydrogen (secondary N) is 1. The molecule has 0 aliphatic carbocycles. The number of nitrogens with zero attached hydrogens (tertiary/aromatic N) is 2. The van der Waals surface area contributed by atoms with Gasteiger partial charge in [0.1, 0.15) is 24.1 Å². The minimum Gasteiger partial charge on any atom is -0.414 e. The molecule has 1 aromatic carbocycles. The summed E-state index contributed by atoms with van der Waals surface area (Å²) >= 11 is 0. The average molecular weight is 590 g/mol. The molecule has 2 fully saturated rings. The van der Waals surface area contributed by atoms with Crippen molar-refractivity contribution in [1.29, 1.82) is 0 Å². The lowest BCUT2D eigenvalue weighted by molar-refractivity contribution is -0.0600. The first-order valence-electron chi connectivity index (χ1n) is 14.1. The van der Waals surface area contributed by atoms with E-state index in [1.54, 1.807) is 24.3 Å². The quantitative estimate of drug-likeness (QED) is 0.446. The van der Waals surface area contributed by atoms with Gasteiger partial charge in [0.15, 0.2) is 6.23 Å². The molecular formula is C28H43N3O7Si2. The monoisotopic (exact) mass is 589 g/mol. The Kier molecular flexibility index (Phi) is 9.20. The third-order valence-corrected chi connectivity index (χ3v) is 18.3. The van der Waals surface area contributed by atoms with Gasteiger partial charge in [0.25, 0.3) is 5.91 Å². The maximum Gasteiger partial charge on any atom is 0.351 e. The van der Waals surface area contributed by atoms with Crippen LogP contribution >= 0.6 is 0 Å². The van der Waals surface area contributed by atoms with Gasteiger partial charge < -0.3 is 28.1 Å². The Morgan fingerprint density at radius 3 is 2.12 bits per heavy atom. The number of hydrogen-bond acceptors (Lipinski definition) is 8. The number of hydrogen-bond donors (Lipinski definition) is 2. The smallest absolute Gasteiger partial charge is 0.351 e. The van der Waals surface area contributed by atoms with Crippen molar-refractivity contribution >= 4 is 28.8 Å². The molecule has 0 saturated carbocycles. The molecule has 4 atom stereocenters. The third kappa shape index (κ3) is 5.63. The van der Waals surface area contributed by atoms with Crippen molar-refractivity contribution in [1.82, 2.24) is 9.55 Å². The number of carbonyl (C=O) groups is 1. The Labute approximate surface area is 238 Å². The predicted molar refractivity (Wildman–Crippen MR) is 157 cm³/mol. The van der Waals surface area contributed by atoms with E-state index in [1.165, 1.54) is 16.8 Å². The molecule has 4 rings (SSSR count). The number of aliphatic hydroxyl groups is 1. The molecule has 3 heterocycles. The summed E-state index contributed by atoms with van der Waals surface area (Å²) in [7, 11) is -5.74. The molecule has 2 aliphatic heterocycles. The van der Waals surface area contributed by atoms with Crippen LogP contribution in [0.5, 0.6) is 0 Å². The number of ether oxygens (including phenoxy) is 1. The summed E-state index contributed by atoms with van der Waals surface area (Å²) in [5.74, 6) is -0.268. The molecule has 12 heteroatoms. The van der Waals surface area contributed by atoms with Gasteiger partial charge in [-0.05, 0) is 40.4 Å². The van der Waals surface area contributed by atoms with Crippen molar-refractivity contribution in [3.05, 3.63) is 58.6 Å². The Morgan fingerprint density at radius 1 is 0.975 bits per heavy atom. The Balaban J connectivity index is 1.64. The van der Waals surface area contributed by atoms with Crippen molar-refractivity contribution < 1.29 is 27.6 Å². The normalized spacial score (nSPS) is 26.1. The molecule has 10 nitrogen and oxygen atoms in total. The van der Waals surface area contributed by atoms with E-state index in [0.717, 1.165) is 0 Å². The van der Waals surface area contributed by atoms with Gasteiger partial charge >= 0.3 is 22.8 Å². The van der Waals surface area contributed by atoms with Crippen LogP contribution in [0.15, 0.2) is 47.4 Å². The molecule has 1 aromatic heterocycles. The second kappa shape index (κ2) is 12.0. The minimum atomic E-state index is -2.97. The number of aromatic nitrogens is 2. The second-order valence-corrected chi connectivity index (χ2v) is 20.8. The van der Waals surface area contributed by atoms with Crippen LogP contribution in [0.1, 0.15) is 72.0 Å². The molecule has 220 valence electrons. The maximum atomic E-state index is 13.1. The maximum absolute atomic E-state index is 13.1. The molecule has 0 radical (unpaired) electrons. The molecule has 2 N–H and O–H groups in total. The summed E-state index contributed by atoms with van der Waals surface area (Å²) in [6, 6.07) is 10.2. The highest BCUT2D eigenvalue weighted by molar-refractivity contribution is 6.84. The molecule has 0 spiro atoms. The number of anilines is 1. The number of fused-ring (bicyclic) bond motifs is 1. The standard InChI is InChI=1S/C28H43N3O7Si2/c1-17(2)39(18(3)4)35-16-22-25(37-40(38-39,19(5)6)20(7)8)24(32)27(36-22)31-15-14-23(30-28(31)34)29-26(33)21-12-10-9-11-13-21/h9-15,17-20,22,24-25,27,32H,16H2,1-8H3,(H,29,30,33,34). The van der Waals surface area contributed by atoms with E-state index in [2.05, 4.69) is 65.7 Å². The number of carbonyl (C=O) groups excluding carboxylic acids is 1. The van der Waals surface area contributed by atoms with E-state index in [0.29, 0.717) is 5.56 Å². The molecule has 2 saturated heterocycles. The molecule has 4 unspecified atom stereocenters. The van der Waals surface area contributed by atoms with Crippen LogP contribution in [0, 0.1) is 0 Å². The fourth-order valence-corrected chi connectivity index (χ4v) is 17.0. The summed E-state index contributed by atoms with van der Waals surface area (Å²) in [4.78, 5) is 29.6. The van der Waals surface area contributed by atoms with Gasteiger partial charge in [-0.2, -0.15) is 4.98 Å². The zero-order valence-electron chi connectivity index (χ0n) is 24.7. The van der Waals surface area contributed by atoms with Crippen molar-refractivity contribution in [3.63, 3.8) is 0 Å². The van der Waals surface area contributed by atoms with Crippen LogP contribution in [0.3, 0.4) is 0 Å². The number of benzene rings is 1. The van der Waals surface area contributed by atoms with E-state index in [-0.39, 0.29) is 40.5 Å². The SMILES string of the molecule is CC(C)[Si]1(C(C)C)OCC2OC(n3ccc(NC(=O)c4ccccc4)nc3=O)C(O)C2O[Si](C(C)C)(C(C)C)O1. The first-order valence-corrected chi connectivity index (χ1v) is 18.1. The lowest BCUT2D eigenvalue weighted by Gasteiger charge is -2.51. The van der Waals surface area contributed by atoms with Gasteiger partial charge in [-0.3, -0.25) is 9.36 Å².